The Balaban J connectivity index is 2.29. The predicted molar refractivity (Wildman–Crippen MR) is 84.3 cm³/mol. The lowest BCUT2D eigenvalue weighted by atomic mass is 10.2. The molecule has 0 aromatic carbocycles. The normalized spacial score (nSPS) is 12.0. The van der Waals surface area contributed by atoms with Gasteiger partial charge in [-0.1, -0.05) is 18.5 Å². The van der Waals surface area contributed by atoms with E-state index >= 15 is 0 Å². The molecule has 0 spiro atoms. The van der Waals surface area contributed by atoms with Gasteiger partial charge in [0.1, 0.15) is 0 Å². The van der Waals surface area contributed by atoms with E-state index in [0.717, 1.165) is 15.0 Å². The van der Waals surface area contributed by atoms with E-state index in [1.54, 1.807) is 30.6 Å². The highest BCUT2D eigenvalue weighted by Crippen LogP contribution is 2.25. The summed E-state index contributed by atoms with van der Waals surface area (Å²) in [5.41, 5.74) is 0. The zero-order valence-corrected chi connectivity index (χ0v) is 14.1. The number of amides is 1. The van der Waals surface area contributed by atoms with Gasteiger partial charge in [-0.05, 0) is 12.1 Å². The second kappa shape index (κ2) is 8.54. The van der Waals surface area contributed by atoms with Crippen molar-refractivity contribution in [3.8, 4) is 0 Å². The van der Waals surface area contributed by atoms with Crippen LogP contribution in [0.1, 0.15) is 11.8 Å². The highest BCUT2D eigenvalue weighted by molar-refractivity contribution is 7.99. The number of nitrogens with zero attached hydrogens (tertiary/aromatic N) is 1. The van der Waals surface area contributed by atoms with Crippen molar-refractivity contribution in [2.45, 2.75) is 12.7 Å². The van der Waals surface area contributed by atoms with E-state index < -0.39 is 0 Å². The zero-order valence-electron chi connectivity index (χ0n) is 11.7. The van der Waals surface area contributed by atoms with E-state index in [1.165, 1.54) is 18.4 Å². The van der Waals surface area contributed by atoms with Gasteiger partial charge in [-0.3, -0.25) is 9.59 Å². The van der Waals surface area contributed by atoms with Crippen LogP contribution in [0.25, 0.3) is 0 Å². The average Bonchev–Trinajstić information content (AvgIpc) is 2.83. The van der Waals surface area contributed by atoms with Gasteiger partial charge in [-0.2, -0.15) is 0 Å². The van der Waals surface area contributed by atoms with Crippen LogP contribution in [0.2, 0.25) is 4.34 Å². The fourth-order valence-corrected chi connectivity index (χ4v) is 3.73. The Bertz CT molecular complexity index is 464. The lowest BCUT2D eigenvalue weighted by molar-refractivity contribution is -0.145. The molecule has 0 aliphatic heterocycles. The molecule has 1 unspecified atom stereocenters. The Labute approximate surface area is 132 Å². The molecular formula is C13H18ClNO3S2. The van der Waals surface area contributed by atoms with Crippen molar-refractivity contribution in [1.29, 1.82) is 0 Å². The number of esters is 1. The molecule has 0 radical (unpaired) electrons. The topological polar surface area (TPSA) is 46.6 Å². The van der Waals surface area contributed by atoms with Crippen LogP contribution in [-0.4, -0.2) is 43.2 Å². The molecule has 1 amide bonds. The van der Waals surface area contributed by atoms with Gasteiger partial charge in [0.2, 0.25) is 5.91 Å². The van der Waals surface area contributed by atoms with Crippen molar-refractivity contribution in [2.75, 3.05) is 26.5 Å². The fraction of sp³-hybridized carbons (Fsp3) is 0.538. The summed E-state index contributed by atoms with van der Waals surface area (Å²) >= 11 is 8.91. The van der Waals surface area contributed by atoms with Gasteiger partial charge in [-0.25, -0.2) is 0 Å². The summed E-state index contributed by atoms with van der Waals surface area (Å²) in [6.45, 7) is 2.12. The van der Waals surface area contributed by atoms with Crippen LogP contribution in [0.3, 0.4) is 0 Å². The lowest BCUT2D eigenvalue weighted by Crippen LogP contribution is -2.35. The molecule has 1 aromatic heterocycles. The molecule has 4 nitrogen and oxygen atoms in total. The van der Waals surface area contributed by atoms with E-state index in [-0.39, 0.29) is 17.8 Å². The molecule has 1 rings (SSSR count). The van der Waals surface area contributed by atoms with Gasteiger partial charge in [0.05, 0.1) is 23.1 Å². The number of hydrogen-bond acceptors (Lipinski definition) is 5. The standard InChI is InChI=1S/C13H18ClNO3S2/c1-9(13(17)18-3)6-15(2)12(16)8-19-7-10-4-5-11(14)20-10/h4-5,9H,6-8H2,1-3H3. The van der Waals surface area contributed by atoms with Gasteiger partial charge in [0.15, 0.2) is 0 Å². The maximum absolute atomic E-state index is 11.9. The Morgan fingerprint density at radius 3 is 2.75 bits per heavy atom. The number of thiophene rings is 1. The predicted octanol–water partition coefficient (Wildman–Crippen LogP) is 2.90. The van der Waals surface area contributed by atoms with E-state index in [9.17, 15) is 9.59 Å². The molecule has 20 heavy (non-hydrogen) atoms. The first-order chi connectivity index (χ1) is 9.43. The summed E-state index contributed by atoms with van der Waals surface area (Å²) in [5.74, 6) is 0.553. The Hall–Kier alpha value is -0.720. The molecule has 0 N–H and O–H groups in total. The van der Waals surface area contributed by atoms with Gasteiger partial charge in [0.25, 0.3) is 0 Å². The molecule has 0 aliphatic carbocycles. The largest absolute Gasteiger partial charge is 0.469 e. The molecule has 0 saturated heterocycles. The van der Waals surface area contributed by atoms with Gasteiger partial charge in [0, 0.05) is 24.2 Å². The minimum Gasteiger partial charge on any atom is -0.469 e. The first kappa shape index (κ1) is 17.3. The quantitative estimate of drug-likeness (QED) is 0.719. The molecule has 0 saturated carbocycles. The van der Waals surface area contributed by atoms with Crippen LogP contribution in [-0.2, 0) is 20.1 Å². The van der Waals surface area contributed by atoms with Crippen LogP contribution in [0.4, 0.5) is 0 Å². The van der Waals surface area contributed by atoms with Crippen molar-refractivity contribution in [3.05, 3.63) is 21.3 Å². The molecule has 1 atom stereocenters. The average molecular weight is 336 g/mol. The number of ether oxygens (including phenoxy) is 1. The number of thioether (sulfide) groups is 1. The summed E-state index contributed by atoms with van der Waals surface area (Å²) in [7, 11) is 3.05. The molecule has 0 bridgehead atoms. The molecule has 1 heterocycles. The Morgan fingerprint density at radius 2 is 2.20 bits per heavy atom. The maximum Gasteiger partial charge on any atom is 0.310 e. The Kier molecular flexibility index (Phi) is 7.40. The van der Waals surface area contributed by atoms with E-state index in [2.05, 4.69) is 4.74 Å². The minimum absolute atomic E-state index is 0.00778. The number of carbonyl (C=O) groups is 2. The van der Waals surface area contributed by atoms with Crippen LogP contribution in [0.15, 0.2) is 12.1 Å². The van der Waals surface area contributed by atoms with Gasteiger partial charge in [-0.15, -0.1) is 23.1 Å². The van der Waals surface area contributed by atoms with Gasteiger partial charge >= 0.3 is 5.97 Å². The molecular weight excluding hydrogens is 318 g/mol. The third kappa shape index (κ3) is 5.73. The molecule has 0 fully saturated rings. The number of methoxy groups -OCH3 is 1. The molecule has 0 aliphatic rings. The highest BCUT2D eigenvalue weighted by atomic mass is 35.5. The first-order valence-electron chi connectivity index (χ1n) is 6.07. The third-order valence-corrected chi connectivity index (χ3v) is 5.06. The second-order valence-electron chi connectivity index (χ2n) is 4.40. The third-order valence-electron chi connectivity index (χ3n) is 2.68. The van der Waals surface area contributed by atoms with Crippen LogP contribution < -0.4 is 0 Å². The van der Waals surface area contributed by atoms with Crippen molar-refractivity contribution in [1.82, 2.24) is 4.90 Å². The Morgan fingerprint density at radius 1 is 1.50 bits per heavy atom. The van der Waals surface area contributed by atoms with Crippen LogP contribution in [0, 0.1) is 5.92 Å². The lowest BCUT2D eigenvalue weighted by Gasteiger charge is -2.20. The van der Waals surface area contributed by atoms with Crippen molar-refractivity contribution in [2.24, 2.45) is 5.92 Å². The summed E-state index contributed by atoms with van der Waals surface area (Å²) in [6.07, 6.45) is 0. The summed E-state index contributed by atoms with van der Waals surface area (Å²) < 4.78 is 5.40. The van der Waals surface area contributed by atoms with E-state index in [4.69, 9.17) is 11.6 Å². The number of carbonyl (C=O) groups excluding carboxylic acids is 2. The van der Waals surface area contributed by atoms with E-state index in [1.807, 2.05) is 12.1 Å². The second-order valence-corrected chi connectivity index (χ2v) is 7.18. The summed E-state index contributed by atoms with van der Waals surface area (Å²) in [6, 6.07) is 3.82. The van der Waals surface area contributed by atoms with E-state index in [0.29, 0.717) is 12.3 Å². The molecule has 1 aromatic rings. The fourth-order valence-electron chi connectivity index (χ4n) is 1.57. The number of rotatable bonds is 7. The monoisotopic (exact) mass is 335 g/mol. The molecule has 7 heteroatoms. The number of hydrogen-bond donors (Lipinski definition) is 0. The van der Waals surface area contributed by atoms with Crippen molar-refractivity contribution < 1.29 is 14.3 Å². The van der Waals surface area contributed by atoms with Crippen molar-refractivity contribution >= 4 is 46.6 Å². The summed E-state index contributed by atoms with van der Waals surface area (Å²) in [5, 5.41) is 0. The SMILES string of the molecule is COC(=O)C(C)CN(C)C(=O)CSCc1ccc(Cl)s1. The van der Waals surface area contributed by atoms with Crippen LogP contribution in [0.5, 0.6) is 0 Å². The molecule has 112 valence electrons. The maximum atomic E-state index is 11.9. The van der Waals surface area contributed by atoms with Crippen molar-refractivity contribution in [3.63, 3.8) is 0 Å². The van der Waals surface area contributed by atoms with Gasteiger partial charge < -0.3 is 9.64 Å². The summed E-state index contributed by atoms with van der Waals surface area (Å²) in [4.78, 5) is 25.9. The zero-order chi connectivity index (χ0) is 15.1. The minimum atomic E-state index is -0.310. The van der Waals surface area contributed by atoms with Crippen LogP contribution >= 0.6 is 34.7 Å². The highest BCUT2D eigenvalue weighted by Gasteiger charge is 2.18. The first-order valence-corrected chi connectivity index (χ1v) is 8.42. The smallest absolute Gasteiger partial charge is 0.310 e. The number of halogens is 1.